The molecule has 50 heavy (non-hydrogen) atoms. The van der Waals surface area contributed by atoms with E-state index in [1.54, 1.807) is 21.6 Å². The Balaban J connectivity index is 1.45. The summed E-state index contributed by atoms with van der Waals surface area (Å²) in [5.74, 6) is -1.86. The number of amides is 1. The van der Waals surface area contributed by atoms with Gasteiger partial charge in [0.05, 0.1) is 16.5 Å². The number of fused-ring (bicyclic) bond motifs is 1. The molecule has 0 saturated heterocycles. The van der Waals surface area contributed by atoms with Crippen LogP contribution in [-0.2, 0) is 36.9 Å². The van der Waals surface area contributed by atoms with E-state index in [0.717, 1.165) is 48.0 Å². The number of alkyl halides is 3. The van der Waals surface area contributed by atoms with Gasteiger partial charge >= 0.3 is 6.18 Å². The van der Waals surface area contributed by atoms with Gasteiger partial charge in [-0.25, -0.2) is 8.78 Å². The number of para-hydroxylation sites is 1. The van der Waals surface area contributed by atoms with E-state index in [9.17, 15) is 31.5 Å². The Hall–Kier alpha value is -4.90. The van der Waals surface area contributed by atoms with Crippen molar-refractivity contribution in [2.45, 2.75) is 52.9 Å². The molecule has 0 radical (unpaired) electrons. The van der Waals surface area contributed by atoms with E-state index in [4.69, 9.17) is 0 Å². The third-order valence-electron chi connectivity index (χ3n) is 9.03. The van der Waals surface area contributed by atoms with Crippen LogP contribution in [0, 0.1) is 18.6 Å². The minimum absolute atomic E-state index is 0.0680. The molecule has 0 bridgehead atoms. The number of benzene rings is 4. The lowest BCUT2D eigenvalue weighted by atomic mass is 10.0. The lowest BCUT2D eigenvalue weighted by molar-refractivity contribution is -0.137. The number of carbonyl (C=O) groups is 1. The monoisotopic (exact) mass is 690 g/mol. The Morgan fingerprint density at radius 3 is 2.10 bits per heavy atom. The minimum atomic E-state index is -4.42. The van der Waals surface area contributed by atoms with Crippen molar-refractivity contribution in [3.63, 3.8) is 0 Å². The van der Waals surface area contributed by atoms with Crippen LogP contribution in [0.15, 0.2) is 89.7 Å². The van der Waals surface area contributed by atoms with Crippen LogP contribution in [0.3, 0.4) is 0 Å². The van der Waals surface area contributed by atoms with Gasteiger partial charge < -0.3 is 14.4 Å². The maximum atomic E-state index is 14.5. The molecule has 11 heteroatoms. The third kappa shape index (κ3) is 8.45. The Morgan fingerprint density at radius 1 is 0.820 bits per heavy atom. The fourth-order valence-corrected chi connectivity index (χ4v) is 6.11. The Kier molecular flexibility index (Phi) is 11.5. The fourth-order valence-electron chi connectivity index (χ4n) is 6.11. The number of aromatic nitrogens is 2. The van der Waals surface area contributed by atoms with Crippen molar-refractivity contribution < 1.29 is 26.7 Å². The molecule has 262 valence electrons. The molecule has 0 aliphatic heterocycles. The van der Waals surface area contributed by atoms with Crippen LogP contribution in [0.5, 0.6) is 0 Å². The van der Waals surface area contributed by atoms with Crippen LogP contribution in [0.4, 0.5) is 22.0 Å². The normalized spacial score (nSPS) is 11.8. The summed E-state index contributed by atoms with van der Waals surface area (Å²) in [5, 5.41) is 0.354. The lowest BCUT2D eigenvalue weighted by Crippen LogP contribution is -2.40. The van der Waals surface area contributed by atoms with Gasteiger partial charge in [-0.1, -0.05) is 74.5 Å². The molecule has 1 amide bonds. The Bertz CT molecular complexity index is 2000. The molecule has 6 nitrogen and oxygen atoms in total. The van der Waals surface area contributed by atoms with Gasteiger partial charge in [-0.15, -0.1) is 0 Å². The molecule has 0 atom stereocenters. The first-order valence-electron chi connectivity index (χ1n) is 16.6. The summed E-state index contributed by atoms with van der Waals surface area (Å²) in [4.78, 5) is 35.6. The van der Waals surface area contributed by atoms with Crippen molar-refractivity contribution in [2.24, 2.45) is 0 Å². The van der Waals surface area contributed by atoms with Crippen molar-refractivity contribution >= 4 is 16.8 Å². The SMILES string of the molecule is CCN(CC)CCN(Cc1ccc(-c2ccc(C(F)(F)F)cc2)cc1)C(=O)Cn1c(CCc2cccc(F)c2F)nc(=O)c2cccc(C)c21. The summed E-state index contributed by atoms with van der Waals surface area (Å²) in [6.07, 6.45) is -4.25. The second kappa shape index (κ2) is 15.8. The molecule has 0 aliphatic rings. The van der Waals surface area contributed by atoms with Crippen LogP contribution >= 0.6 is 0 Å². The number of likely N-dealkylation sites (N-methyl/N-ethyl adjacent to an activating group) is 1. The van der Waals surface area contributed by atoms with E-state index >= 15 is 0 Å². The first-order valence-corrected chi connectivity index (χ1v) is 16.6. The van der Waals surface area contributed by atoms with E-state index < -0.39 is 28.9 Å². The van der Waals surface area contributed by atoms with E-state index in [1.807, 2.05) is 51.1 Å². The molecule has 0 fully saturated rings. The molecular formula is C39H39F5N4O2. The molecule has 0 N–H and O–H groups in total. The fraction of sp³-hybridized carbons (Fsp3) is 0.308. The number of rotatable bonds is 13. The van der Waals surface area contributed by atoms with Crippen molar-refractivity contribution in [1.29, 1.82) is 0 Å². The predicted octanol–water partition coefficient (Wildman–Crippen LogP) is 7.82. The summed E-state index contributed by atoms with van der Waals surface area (Å²) >= 11 is 0. The summed E-state index contributed by atoms with van der Waals surface area (Å²) in [5.41, 5.74) is 2.49. The van der Waals surface area contributed by atoms with Gasteiger partial charge in [0.1, 0.15) is 12.4 Å². The summed E-state index contributed by atoms with van der Waals surface area (Å²) in [7, 11) is 0. The van der Waals surface area contributed by atoms with E-state index in [-0.39, 0.29) is 37.4 Å². The molecule has 0 aliphatic carbocycles. The summed E-state index contributed by atoms with van der Waals surface area (Å²) < 4.78 is 69.4. The molecule has 5 rings (SSSR count). The first-order chi connectivity index (χ1) is 23.9. The van der Waals surface area contributed by atoms with Crippen molar-refractivity contribution in [3.8, 4) is 11.1 Å². The molecule has 1 aromatic heterocycles. The quantitative estimate of drug-likeness (QED) is 0.118. The van der Waals surface area contributed by atoms with Gasteiger partial charge in [0.2, 0.25) is 5.91 Å². The molecule has 0 spiro atoms. The summed E-state index contributed by atoms with van der Waals surface area (Å²) in [6.45, 7) is 8.69. The molecule has 4 aromatic carbocycles. The highest BCUT2D eigenvalue weighted by atomic mass is 19.4. The highest BCUT2D eigenvalue weighted by molar-refractivity contribution is 5.84. The van der Waals surface area contributed by atoms with Crippen LogP contribution < -0.4 is 5.56 Å². The Labute approximate surface area is 287 Å². The third-order valence-corrected chi connectivity index (χ3v) is 9.03. The second-order valence-corrected chi connectivity index (χ2v) is 12.2. The van der Waals surface area contributed by atoms with Crippen LogP contribution in [-0.4, -0.2) is 51.4 Å². The highest BCUT2D eigenvalue weighted by Gasteiger charge is 2.30. The van der Waals surface area contributed by atoms with Crippen molar-refractivity contribution in [3.05, 3.63) is 135 Å². The number of hydrogen-bond donors (Lipinski definition) is 0. The van der Waals surface area contributed by atoms with Gasteiger partial charge in [0.15, 0.2) is 11.6 Å². The second-order valence-electron chi connectivity index (χ2n) is 12.2. The average Bonchev–Trinajstić information content (AvgIpc) is 3.10. The van der Waals surface area contributed by atoms with E-state index in [2.05, 4.69) is 9.88 Å². The topological polar surface area (TPSA) is 58.4 Å². The maximum Gasteiger partial charge on any atom is 0.416 e. The number of hydrogen-bond acceptors (Lipinski definition) is 4. The standard InChI is InChI=1S/C39H39F5N4O2/c1-4-46(5-2)22-23-47(24-27-12-14-28(15-13-27)29-16-19-31(20-17-29)39(42,43)44)35(49)25-48-34(21-18-30-9-7-11-33(40)36(30)41)45-38(50)32-10-6-8-26(3)37(32)48/h6-17,19-20H,4-5,18,21-25H2,1-3H3. The first kappa shape index (κ1) is 36.4. The molecular weight excluding hydrogens is 651 g/mol. The predicted molar refractivity (Wildman–Crippen MR) is 185 cm³/mol. The number of carbonyl (C=O) groups excluding carboxylic acids is 1. The van der Waals surface area contributed by atoms with Crippen molar-refractivity contribution in [1.82, 2.24) is 19.4 Å². The zero-order valence-corrected chi connectivity index (χ0v) is 28.2. The number of aryl methyl sites for hydroxylation is 3. The van der Waals surface area contributed by atoms with Crippen LogP contribution in [0.2, 0.25) is 0 Å². The zero-order valence-electron chi connectivity index (χ0n) is 28.2. The number of nitrogens with zero attached hydrogens (tertiary/aromatic N) is 4. The van der Waals surface area contributed by atoms with Gasteiger partial charge in [-0.3, -0.25) is 9.59 Å². The zero-order chi connectivity index (χ0) is 36.0. The lowest BCUT2D eigenvalue weighted by Gasteiger charge is -2.28. The number of halogens is 5. The highest BCUT2D eigenvalue weighted by Crippen LogP contribution is 2.31. The van der Waals surface area contributed by atoms with Crippen molar-refractivity contribution in [2.75, 3.05) is 26.2 Å². The molecule has 1 heterocycles. The molecule has 5 aromatic rings. The molecule has 0 saturated carbocycles. The van der Waals surface area contributed by atoms with Crippen LogP contribution in [0.25, 0.3) is 22.0 Å². The van der Waals surface area contributed by atoms with Gasteiger partial charge in [-0.05, 0) is 78.5 Å². The smallest absolute Gasteiger partial charge is 0.336 e. The van der Waals surface area contributed by atoms with Crippen LogP contribution in [0.1, 0.15) is 41.9 Å². The van der Waals surface area contributed by atoms with Gasteiger partial charge in [0, 0.05) is 26.1 Å². The average molecular weight is 691 g/mol. The minimum Gasteiger partial charge on any atom is -0.336 e. The molecule has 0 unspecified atom stereocenters. The van der Waals surface area contributed by atoms with E-state index in [1.165, 1.54) is 24.3 Å². The summed E-state index contributed by atoms with van der Waals surface area (Å²) in [6, 6.07) is 21.5. The van der Waals surface area contributed by atoms with E-state index in [0.29, 0.717) is 35.4 Å². The van der Waals surface area contributed by atoms with Gasteiger partial charge in [-0.2, -0.15) is 18.2 Å². The maximum absolute atomic E-state index is 14.5. The Morgan fingerprint density at radius 2 is 1.46 bits per heavy atom. The largest absolute Gasteiger partial charge is 0.416 e. The van der Waals surface area contributed by atoms with Gasteiger partial charge in [0.25, 0.3) is 5.56 Å².